The van der Waals surface area contributed by atoms with Gasteiger partial charge in [0, 0.05) is 11.8 Å². The number of aryl methyl sites for hydroxylation is 1. The topological polar surface area (TPSA) is 43.8 Å². The molecule has 1 heterocycles. The van der Waals surface area contributed by atoms with Crippen LogP contribution in [-0.4, -0.2) is 9.78 Å². The van der Waals surface area contributed by atoms with E-state index in [0.717, 1.165) is 17.8 Å². The highest BCUT2D eigenvalue weighted by molar-refractivity contribution is 5.38. The van der Waals surface area contributed by atoms with Gasteiger partial charge in [0.05, 0.1) is 5.69 Å². The van der Waals surface area contributed by atoms with Gasteiger partial charge in [-0.1, -0.05) is 25.1 Å². The van der Waals surface area contributed by atoms with Crippen molar-refractivity contribution in [1.29, 1.82) is 0 Å². The zero-order valence-electron chi connectivity index (χ0n) is 8.14. The zero-order chi connectivity index (χ0) is 9.97. The van der Waals surface area contributed by atoms with E-state index in [1.165, 1.54) is 0 Å². The van der Waals surface area contributed by atoms with E-state index in [9.17, 15) is 0 Å². The Bertz CT molecular complexity index is 417. The molecular formula is C11H13N3. The van der Waals surface area contributed by atoms with Crippen molar-refractivity contribution >= 4 is 5.82 Å². The largest absolute Gasteiger partial charge is 0.382 e. The van der Waals surface area contributed by atoms with Gasteiger partial charge >= 0.3 is 0 Å². The number of rotatable bonds is 2. The zero-order valence-corrected chi connectivity index (χ0v) is 8.14. The van der Waals surface area contributed by atoms with E-state index < -0.39 is 0 Å². The van der Waals surface area contributed by atoms with Crippen LogP contribution in [0.4, 0.5) is 5.82 Å². The lowest BCUT2D eigenvalue weighted by Crippen LogP contribution is -2.00. The maximum atomic E-state index is 5.66. The predicted octanol–water partition coefficient (Wildman–Crippen LogP) is 2.02. The van der Waals surface area contributed by atoms with E-state index in [0.29, 0.717) is 5.82 Å². The Kier molecular flexibility index (Phi) is 2.23. The standard InChI is InChI=1S/C11H13N3/c1-2-9-8-11(12)13-14(9)10-6-4-3-5-7-10/h3-8H,2H2,1H3,(H2,12,13). The summed E-state index contributed by atoms with van der Waals surface area (Å²) in [6, 6.07) is 11.9. The molecule has 0 fully saturated rings. The molecule has 2 N–H and O–H groups in total. The van der Waals surface area contributed by atoms with E-state index >= 15 is 0 Å². The molecule has 2 aromatic rings. The molecule has 0 aliphatic heterocycles. The van der Waals surface area contributed by atoms with Crippen LogP contribution in [0.1, 0.15) is 12.6 Å². The second-order valence-corrected chi connectivity index (χ2v) is 3.16. The monoisotopic (exact) mass is 187 g/mol. The summed E-state index contributed by atoms with van der Waals surface area (Å²) < 4.78 is 1.88. The first-order valence-corrected chi connectivity index (χ1v) is 4.71. The molecular weight excluding hydrogens is 174 g/mol. The number of benzene rings is 1. The lowest BCUT2D eigenvalue weighted by atomic mass is 10.3. The molecule has 1 aromatic carbocycles. The summed E-state index contributed by atoms with van der Waals surface area (Å²) in [5.41, 5.74) is 7.85. The lowest BCUT2D eigenvalue weighted by Gasteiger charge is -2.04. The average Bonchev–Trinajstić information content (AvgIpc) is 2.61. The fourth-order valence-electron chi connectivity index (χ4n) is 1.48. The number of nitrogen functional groups attached to an aromatic ring is 1. The third kappa shape index (κ3) is 1.48. The quantitative estimate of drug-likeness (QED) is 0.781. The maximum Gasteiger partial charge on any atom is 0.146 e. The van der Waals surface area contributed by atoms with Gasteiger partial charge in [-0.15, -0.1) is 0 Å². The lowest BCUT2D eigenvalue weighted by molar-refractivity contribution is 0.817. The third-order valence-electron chi connectivity index (χ3n) is 2.17. The Balaban J connectivity index is 2.51. The smallest absolute Gasteiger partial charge is 0.146 e. The van der Waals surface area contributed by atoms with Crippen LogP contribution in [0.2, 0.25) is 0 Å². The van der Waals surface area contributed by atoms with E-state index in [2.05, 4.69) is 12.0 Å². The summed E-state index contributed by atoms with van der Waals surface area (Å²) >= 11 is 0. The Hall–Kier alpha value is -1.77. The number of aromatic nitrogens is 2. The van der Waals surface area contributed by atoms with Gasteiger partial charge in [-0.25, -0.2) is 4.68 Å². The van der Waals surface area contributed by atoms with Gasteiger partial charge in [0.2, 0.25) is 0 Å². The van der Waals surface area contributed by atoms with E-state index in [1.54, 1.807) is 0 Å². The number of nitrogens with two attached hydrogens (primary N) is 1. The second kappa shape index (κ2) is 3.54. The third-order valence-corrected chi connectivity index (χ3v) is 2.17. The van der Waals surface area contributed by atoms with Gasteiger partial charge in [0.15, 0.2) is 0 Å². The van der Waals surface area contributed by atoms with Crippen molar-refractivity contribution in [3.63, 3.8) is 0 Å². The molecule has 1 aromatic heterocycles. The van der Waals surface area contributed by atoms with Crippen LogP contribution < -0.4 is 5.73 Å². The molecule has 72 valence electrons. The van der Waals surface area contributed by atoms with Crippen LogP contribution in [-0.2, 0) is 6.42 Å². The van der Waals surface area contributed by atoms with Crippen molar-refractivity contribution in [3.8, 4) is 5.69 Å². The van der Waals surface area contributed by atoms with Gasteiger partial charge in [-0.2, -0.15) is 5.10 Å². The van der Waals surface area contributed by atoms with Gasteiger partial charge in [0.25, 0.3) is 0 Å². The summed E-state index contributed by atoms with van der Waals surface area (Å²) in [7, 11) is 0. The van der Waals surface area contributed by atoms with Crippen LogP contribution >= 0.6 is 0 Å². The Morgan fingerprint density at radius 2 is 2.00 bits per heavy atom. The van der Waals surface area contributed by atoms with Crippen molar-refractivity contribution < 1.29 is 0 Å². The fraction of sp³-hybridized carbons (Fsp3) is 0.182. The SMILES string of the molecule is CCc1cc(N)nn1-c1ccccc1. The minimum atomic E-state index is 0.575. The van der Waals surface area contributed by atoms with Crippen LogP contribution in [0.25, 0.3) is 5.69 Å². The summed E-state index contributed by atoms with van der Waals surface area (Å²) in [6.45, 7) is 2.09. The van der Waals surface area contributed by atoms with Crippen LogP contribution in [0, 0.1) is 0 Å². The molecule has 14 heavy (non-hydrogen) atoms. The van der Waals surface area contributed by atoms with E-state index in [1.807, 2.05) is 41.1 Å². The van der Waals surface area contributed by atoms with Crippen molar-refractivity contribution in [2.45, 2.75) is 13.3 Å². The molecule has 0 aliphatic carbocycles. The molecule has 0 bridgehead atoms. The highest BCUT2D eigenvalue weighted by Gasteiger charge is 2.04. The van der Waals surface area contributed by atoms with Gasteiger partial charge in [-0.3, -0.25) is 0 Å². The molecule has 0 atom stereocenters. The van der Waals surface area contributed by atoms with Crippen LogP contribution in [0.5, 0.6) is 0 Å². The number of hydrogen-bond donors (Lipinski definition) is 1. The summed E-state index contributed by atoms with van der Waals surface area (Å²) in [4.78, 5) is 0. The molecule has 0 aliphatic rings. The minimum absolute atomic E-state index is 0.575. The van der Waals surface area contributed by atoms with E-state index in [-0.39, 0.29) is 0 Å². The van der Waals surface area contributed by atoms with Gasteiger partial charge in [0.1, 0.15) is 5.82 Å². The highest BCUT2D eigenvalue weighted by atomic mass is 15.3. The normalized spacial score (nSPS) is 10.4. The van der Waals surface area contributed by atoms with Crippen molar-refractivity contribution in [3.05, 3.63) is 42.1 Å². The van der Waals surface area contributed by atoms with Crippen molar-refractivity contribution in [1.82, 2.24) is 9.78 Å². The minimum Gasteiger partial charge on any atom is -0.382 e. The number of para-hydroxylation sites is 1. The maximum absolute atomic E-state index is 5.66. The summed E-state index contributed by atoms with van der Waals surface area (Å²) in [6.07, 6.45) is 0.930. The van der Waals surface area contributed by atoms with Crippen LogP contribution in [0.15, 0.2) is 36.4 Å². The Labute approximate surface area is 83.2 Å². The fourth-order valence-corrected chi connectivity index (χ4v) is 1.48. The molecule has 0 amide bonds. The summed E-state index contributed by atoms with van der Waals surface area (Å²) in [5.74, 6) is 0.575. The Morgan fingerprint density at radius 1 is 1.29 bits per heavy atom. The number of hydrogen-bond acceptors (Lipinski definition) is 2. The van der Waals surface area contributed by atoms with Crippen molar-refractivity contribution in [2.24, 2.45) is 0 Å². The first kappa shape index (κ1) is 8.81. The predicted molar refractivity (Wildman–Crippen MR) is 57.4 cm³/mol. The van der Waals surface area contributed by atoms with Crippen molar-refractivity contribution in [2.75, 3.05) is 5.73 Å². The summed E-state index contributed by atoms with van der Waals surface area (Å²) in [5, 5.41) is 4.25. The molecule has 2 rings (SSSR count). The van der Waals surface area contributed by atoms with Gasteiger partial charge < -0.3 is 5.73 Å². The first-order valence-electron chi connectivity index (χ1n) is 4.71. The highest BCUT2D eigenvalue weighted by Crippen LogP contribution is 2.13. The average molecular weight is 187 g/mol. The molecule has 0 spiro atoms. The molecule has 3 nitrogen and oxygen atoms in total. The van der Waals surface area contributed by atoms with Crippen LogP contribution in [0.3, 0.4) is 0 Å². The number of anilines is 1. The van der Waals surface area contributed by atoms with Gasteiger partial charge in [-0.05, 0) is 18.6 Å². The van der Waals surface area contributed by atoms with E-state index in [4.69, 9.17) is 5.73 Å². The second-order valence-electron chi connectivity index (χ2n) is 3.16. The first-order chi connectivity index (χ1) is 6.81. The molecule has 0 unspecified atom stereocenters. The molecule has 0 radical (unpaired) electrons. The molecule has 0 saturated carbocycles. The molecule has 3 heteroatoms. The number of nitrogens with zero attached hydrogens (tertiary/aromatic N) is 2. The Morgan fingerprint density at radius 3 is 2.64 bits per heavy atom. The molecule has 0 saturated heterocycles.